The number of amides is 1. The van der Waals surface area contributed by atoms with E-state index in [9.17, 15) is 9.90 Å². The molecular formula is C21H24ClN3O2. The molecule has 1 aliphatic heterocycles. The number of rotatable bonds is 5. The highest BCUT2D eigenvalue weighted by Gasteiger charge is 2.58. The number of benzene rings is 1. The Labute approximate surface area is 164 Å². The molecule has 1 saturated carbocycles. The highest BCUT2D eigenvalue weighted by molar-refractivity contribution is 6.30. The van der Waals surface area contributed by atoms with Crippen molar-refractivity contribution in [1.82, 2.24) is 15.2 Å². The molecule has 6 heteroatoms. The third-order valence-electron chi connectivity index (χ3n) is 5.98. The minimum Gasteiger partial charge on any atom is -0.508 e. The Morgan fingerprint density at radius 2 is 2.15 bits per heavy atom. The van der Waals surface area contributed by atoms with Crippen molar-refractivity contribution in [2.75, 3.05) is 13.1 Å². The third-order valence-corrected chi connectivity index (χ3v) is 6.22. The number of pyridine rings is 1. The summed E-state index contributed by atoms with van der Waals surface area (Å²) in [4.78, 5) is 18.9. The van der Waals surface area contributed by atoms with Crippen LogP contribution in [0.2, 0.25) is 5.02 Å². The van der Waals surface area contributed by atoms with E-state index in [1.807, 2.05) is 18.2 Å². The molecule has 0 radical (unpaired) electrons. The summed E-state index contributed by atoms with van der Waals surface area (Å²) in [6, 6.07) is 9.03. The van der Waals surface area contributed by atoms with E-state index in [2.05, 4.69) is 15.2 Å². The average Bonchev–Trinajstić information content (AvgIpc) is 3.39. The largest absolute Gasteiger partial charge is 0.508 e. The Hall–Kier alpha value is -2.11. The molecule has 1 saturated heterocycles. The Morgan fingerprint density at radius 1 is 1.33 bits per heavy atom. The second-order valence-electron chi connectivity index (χ2n) is 7.75. The fourth-order valence-corrected chi connectivity index (χ4v) is 4.36. The van der Waals surface area contributed by atoms with E-state index in [0.717, 1.165) is 43.5 Å². The lowest BCUT2D eigenvalue weighted by Crippen LogP contribution is -2.36. The average molecular weight is 386 g/mol. The van der Waals surface area contributed by atoms with Crippen molar-refractivity contribution < 1.29 is 9.90 Å². The zero-order valence-electron chi connectivity index (χ0n) is 15.2. The first kappa shape index (κ1) is 18.3. The SMILES string of the molecule is O=C(NCc1cccnc1)C1CC12CCN(Cc1cc(Cl)ccc1O)CC2. The maximum Gasteiger partial charge on any atom is 0.223 e. The Morgan fingerprint density at radius 3 is 2.89 bits per heavy atom. The number of likely N-dealkylation sites (tertiary alicyclic amines) is 1. The molecule has 2 aliphatic rings. The molecule has 1 amide bonds. The lowest BCUT2D eigenvalue weighted by molar-refractivity contribution is -0.123. The molecule has 5 nitrogen and oxygen atoms in total. The van der Waals surface area contributed by atoms with E-state index in [1.165, 1.54) is 0 Å². The van der Waals surface area contributed by atoms with Crippen LogP contribution in [0.25, 0.3) is 0 Å². The number of phenolic OH excluding ortho intramolecular Hbond substituents is 1. The number of hydrogen-bond donors (Lipinski definition) is 2. The Bertz CT molecular complexity index is 819. The van der Waals surface area contributed by atoms with Crippen LogP contribution in [0.3, 0.4) is 0 Å². The Kier molecular flexibility index (Phi) is 5.06. The normalized spacial score (nSPS) is 21.1. The number of halogens is 1. The molecular weight excluding hydrogens is 362 g/mol. The molecule has 2 N–H and O–H groups in total. The molecule has 0 bridgehead atoms. The first-order valence-electron chi connectivity index (χ1n) is 9.42. The monoisotopic (exact) mass is 385 g/mol. The van der Waals surface area contributed by atoms with E-state index in [0.29, 0.717) is 23.9 Å². The zero-order valence-corrected chi connectivity index (χ0v) is 16.0. The smallest absolute Gasteiger partial charge is 0.223 e. The molecule has 142 valence electrons. The van der Waals surface area contributed by atoms with Crippen LogP contribution >= 0.6 is 11.6 Å². The minimum absolute atomic E-state index is 0.135. The van der Waals surface area contributed by atoms with Crippen LogP contribution in [-0.4, -0.2) is 34.0 Å². The maximum atomic E-state index is 12.5. The van der Waals surface area contributed by atoms with E-state index in [4.69, 9.17) is 11.6 Å². The van der Waals surface area contributed by atoms with Crippen LogP contribution in [0.1, 0.15) is 30.4 Å². The number of nitrogens with zero attached hydrogens (tertiary/aromatic N) is 2. The standard InChI is InChI=1S/C21H24ClN3O2/c22-17-3-4-19(26)16(10-17)14-25-8-5-21(6-9-25)11-18(21)20(27)24-13-15-2-1-7-23-12-15/h1-4,7,10,12,18,26H,5-6,8-9,11,13-14H2,(H,24,27). The number of carbonyl (C=O) groups excluding carboxylic acids is 1. The van der Waals surface area contributed by atoms with E-state index in [1.54, 1.807) is 24.5 Å². The summed E-state index contributed by atoms with van der Waals surface area (Å²) in [6.45, 7) is 3.12. The van der Waals surface area contributed by atoms with E-state index >= 15 is 0 Å². The molecule has 2 heterocycles. The predicted octanol–water partition coefficient (Wildman–Crippen LogP) is 3.36. The molecule has 2 fully saturated rings. The number of aromatic nitrogens is 1. The van der Waals surface area contributed by atoms with Gasteiger partial charge in [0.2, 0.25) is 5.91 Å². The van der Waals surface area contributed by atoms with Crippen molar-refractivity contribution in [3.05, 3.63) is 58.9 Å². The summed E-state index contributed by atoms with van der Waals surface area (Å²) in [7, 11) is 0. The van der Waals surface area contributed by atoms with Gasteiger partial charge in [-0.25, -0.2) is 0 Å². The van der Waals surface area contributed by atoms with Gasteiger partial charge < -0.3 is 10.4 Å². The summed E-state index contributed by atoms with van der Waals surface area (Å²) < 4.78 is 0. The van der Waals surface area contributed by atoms with E-state index in [-0.39, 0.29) is 17.2 Å². The summed E-state index contributed by atoms with van der Waals surface area (Å²) >= 11 is 6.04. The summed E-state index contributed by atoms with van der Waals surface area (Å²) in [6.07, 6.45) is 6.56. The van der Waals surface area contributed by atoms with Gasteiger partial charge in [-0.15, -0.1) is 0 Å². The van der Waals surface area contributed by atoms with E-state index < -0.39 is 0 Å². The highest BCUT2D eigenvalue weighted by atomic mass is 35.5. The van der Waals surface area contributed by atoms with Crippen molar-refractivity contribution in [2.24, 2.45) is 11.3 Å². The lowest BCUT2D eigenvalue weighted by atomic mass is 9.90. The summed E-state index contributed by atoms with van der Waals surface area (Å²) in [5.41, 5.74) is 2.06. The quantitative estimate of drug-likeness (QED) is 0.828. The minimum atomic E-state index is 0.135. The number of hydrogen-bond acceptors (Lipinski definition) is 4. The number of carbonyl (C=O) groups is 1. The maximum absolute atomic E-state index is 12.5. The van der Waals surface area contributed by atoms with Gasteiger partial charge >= 0.3 is 0 Å². The lowest BCUT2D eigenvalue weighted by Gasteiger charge is -2.33. The van der Waals surface area contributed by atoms with Crippen molar-refractivity contribution >= 4 is 17.5 Å². The third kappa shape index (κ3) is 4.09. The van der Waals surface area contributed by atoms with Gasteiger partial charge in [-0.05, 0) is 67.6 Å². The van der Waals surface area contributed by atoms with Crippen LogP contribution in [0.5, 0.6) is 5.75 Å². The first-order valence-corrected chi connectivity index (χ1v) is 9.80. The van der Waals surface area contributed by atoms with Gasteiger partial charge in [0.1, 0.15) is 5.75 Å². The van der Waals surface area contributed by atoms with Crippen LogP contribution in [0, 0.1) is 11.3 Å². The van der Waals surface area contributed by atoms with Crippen molar-refractivity contribution in [1.29, 1.82) is 0 Å². The molecule has 2 aromatic rings. The summed E-state index contributed by atoms with van der Waals surface area (Å²) in [5, 5.41) is 13.7. The molecule has 1 aliphatic carbocycles. The van der Waals surface area contributed by atoms with Gasteiger partial charge in [0, 0.05) is 42.0 Å². The predicted molar refractivity (Wildman–Crippen MR) is 104 cm³/mol. The molecule has 27 heavy (non-hydrogen) atoms. The van der Waals surface area contributed by atoms with Gasteiger partial charge in [-0.1, -0.05) is 17.7 Å². The molecule has 1 aromatic heterocycles. The summed E-state index contributed by atoms with van der Waals surface area (Å²) in [5.74, 6) is 0.592. The van der Waals surface area contributed by atoms with Crippen molar-refractivity contribution in [3.8, 4) is 5.75 Å². The topological polar surface area (TPSA) is 65.5 Å². The van der Waals surface area contributed by atoms with Crippen molar-refractivity contribution in [3.63, 3.8) is 0 Å². The van der Waals surface area contributed by atoms with Gasteiger partial charge in [-0.2, -0.15) is 0 Å². The number of piperidine rings is 1. The van der Waals surface area contributed by atoms with Crippen LogP contribution in [-0.2, 0) is 17.9 Å². The van der Waals surface area contributed by atoms with Crippen LogP contribution < -0.4 is 5.32 Å². The molecule has 1 spiro atoms. The van der Waals surface area contributed by atoms with Gasteiger partial charge in [-0.3, -0.25) is 14.7 Å². The molecule has 1 atom stereocenters. The highest BCUT2D eigenvalue weighted by Crippen LogP contribution is 2.59. The van der Waals surface area contributed by atoms with Crippen LogP contribution in [0.4, 0.5) is 0 Å². The second kappa shape index (κ2) is 7.49. The zero-order chi connectivity index (χ0) is 18.9. The fourth-order valence-electron chi connectivity index (χ4n) is 4.16. The van der Waals surface area contributed by atoms with Crippen molar-refractivity contribution in [2.45, 2.75) is 32.4 Å². The first-order chi connectivity index (χ1) is 13.1. The molecule has 1 unspecified atom stereocenters. The van der Waals surface area contributed by atoms with Gasteiger partial charge in [0.05, 0.1) is 0 Å². The van der Waals surface area contributed by atoms with Gasteiger partial charge in [0.25, 0.3) is 0 Å². The molecule has 4 rings (SSSR count). The number of nitrogens with one attached hydrogen (secondary N) is 1. The fraction of sp³-hybridized carbons (Fsp3) is 0.429. The molecule has 1 aromatic carbocycles. The number of phenols is 1. The van der Waals surface area contributed by atoms with Crippen LogP contribution in [0.15, 0.2) is 42.7 Å². The van der Waals surface area contributed by atoms with Gasteiger partial charge in [0.15, 0.2) is 0 Å². The Balaban J connectivity index is 1.27. The second-order valence-corrected chi connectivity index (χ2v) is 8.18. The number of aromatic hydroxyl groups is 1.